The van der Waals surface area contributed by atoms with E-state index < -0.39 is 5.60 Å². The number of aliphatic hydroxyl groups is 1. The fraction of sp³-hybridized carbons (Fsp3) is 1.00. The van der Waals surface area contributed by atoms with Gasteiger partial charge in [-0.15, -0.1) is 0 Å². The maximum atomic E-state index is 9.78. The summed E-state index contributed by atoms with van der Waals surface area (Å²) in [6.45, 7) is 6.53. The third kappa shape index (κ3) is 2.03. The van der Waals surface area contributed by atoms with Crippen molar-refractivity contribution in [3.8, 4) is 0 Å². The Balaban J connectivity index is 1.79. The highest BCUT2D eigenvalue weighted by Gasteiger charge is 2.34. The molecule has 2 fully saturated rings. The van der Waals surface area contributed by atoms with Crippen molar-refractivity contribution in [1.82, 2.24) is 9.80 Å². The van der Waals surface area contributed by atoms with Crippen LogP contribution in [0.25, 0.3) is 0 Å². The van der Waals surface area contributed by atoms with E-state index in [-0.39, 0.29) is 0 Å². The van der Waals surface area contributed by atoms with Gasteiger partial charge in [0, 0.05) is 32.2 Å². The highest BCUT2D eigenvalue weighted by molar-refractivity contribution is 4.91. The van der Waals surface area contributed by atoms with Gasteiger partial charge in [0.1, 0.15) is 0 Å². The number of piperidine rings is 1. The summed E-state index contributed by atoms with van der Waals surface area (Å²) >= 11 is 0. The smallest absolute Gasteiger partial charge is 0.0644 e. The van der Waals surface area contributed by atoms with Gasteiger partial charge in [-0.25, -0.2) is 0 Å². The van der Waals surface area contributed by atoms with Crippen molar-refractivity contribution in [3.63, 3.8) is 0 Å². The monoisotopic (exact) mass is 184 g/mol. The number of likely N-dealkylation sites (tertiary alicyclic amines) is 2. The molecule has 2 rings (SSSR count). The first kappa shape index (κ1) is 9.44. The maximum Gasteiger partial charge on any atom is 0.0644 e. The van der Waals surface area contributed by atoms with Crippen molar-refractivity contribution in [2.45, 2.75) is 31.4 Å². The molecule has 0 saturated carbocycles. The van der Waals surface area contributed by atoms with E-state index in [9.17, 15) is 5.11 Å². The molecule has 0 aliphatic carbocycles. The Kier molecular flexibility index (Phi) is 2.34. The van der Waals surface area contributed by atoms with Crippen LogP contribution in [0.4, 0.5) is 0 Å². The number of hydrogen-bond acceptors (Lipinski definition) is 3. The van der Waals surface area contributed by atoms with Gasteiger partial charge in [0.2, 0.25) is 0 Å². The van der Waals surface area contributed by atoms with Crippen molar-refractivity contribution in [2.75, 3.05) is 33.2 Å². The Morgan fingerprint density at radius 1 is 1.23 bits per heavy atom. The van der Waals surface area contributed by atoms with Crippen LogP contribution in [0.15, 0.2) is 0 Å². The van der Waals surface area contributed by atoms with E-state index in [2.05, 4.69) is 16.8 Å². The van der Waals surface area contributed by atoms with Crippen LogP contribution in [0, 0.1) is 0 Å². The summed E-state index contributed by atoms with van der Waals surface area (Å²) < 4.78 is 0. The highest BCUT2D eigenvalue weighted by atomic mass is 16.3. The molecule has 0 amide bonds. The summed E-state index contributed by atoms with van der Waals surface area (Å²) in [6, 6.07) is 0.765. The molecular formula is C10H20N2O. The zero-order chi connectivity index (χ0) is 9.47. The van der Waals surface area contributed by atoms with Crippen LogP contribution >= 0.6 is 0 Å². The fourth-order valence-corrected chi connectivity index (χ4v) is 2.27. The molecule has 2 aliphatic rings. The second-order valence-electron chi connectivity index (χ2n) is 4.91. The average molecular weight is 184 g/mol. The van der Waals surface area contributed by atoms with Crippen LogP contribution in [-0.2, 0) is 0 Å². The minimum absolute atomic E-state index is 0.397. The van der Waals surface area contributed by atoms with Crippen LogP contribution in [0.1, 0.15) is 19.8 Å². The van der Waals surface area contributed by atoms with Gasteiger partial charge in [-0.05, 0) is 26.8 Å². The lowest BCUT2D eigenvalue weighted by Gasteiger charge is -2.47. The molecule has 1 N–H and O–H groups in total. The van der Waals surface area contributed by atoms with Crippen molar-refractivity contribution < 1.29 is 5.11 Å². The van der Waals surface area contributed by atoms with E-state index in [1.165, 1.54) is 13.1 Å². The lowest BCUT2D eigenvalue weighted by atomic mass is 9.92. The van der Waals surface area contributed by atoms with Crippen LogP contribution < -0.4 is 0 Å². The van der Waals surface area contributed by atoms with Crippen molar-refractivity contribution >= 4 is 0 Å². The first-order valence-corrected chi connectivity index (χ1v) is 5.22. The quantitative estimate of drug-likeness (QED) is 0.628. The Bertz CT molecular complexity index is 177. The average Bonchev–Trinajstić information content (AvgIpc) is 2.00. The summed E-state index contributed by atoms with van der Waals surface area (Å²) in [7, 11) is 2.16. The molecule has 3 heteroatoms. The van der Waals surface area contributed by atoms with Crippen molar-refractivity contribution in [3.05, 3.63) is 0 Å². The summed E-state index contributed by atoms with van der Waals surface area (Å²) in [5.41, 5.74) is -0.397. The van der Waals surface area contributed by atoms with Crippen LogP contribution in [0.5, 0.6) is 0 Å². The summed E-state index contributed by atoms with van der Waals surface area (Å²) in [4.78, 5) is 4.87. The zero-order valence-corrected chi connectivity index (χ0v) is 8.66. The molecule has 0 unspecified atom stereocenters. The molecule has 2 aliphatic heterocycles. The number of nitrogens with zero attached hydrogens (tertiary/aromatic N) is 2. The normalized spacial score (nSPS) is 31.6. The maximum absolute atomic E-state index is 9.78. The molecule has 0 aromatic rings. The van der Waals surface area contributed by atoms with Crippen LogP contribution in [-0.4, -0.2) is 59.8 Å². The number of rotatable bonds is 1. The van der Waals surface area contributed by atoms with E-state index >= 15 is 0 Å². The fourth-order valence-electron chi connectivity index (χ4n) is 2.27. The molecular weight excluding hydrogens is 164 g/mol. The molecule has 0 bridgehead atoms. The van der Waals surface area contributed by atoms with Gasteiger partial charge in [0.25, 0.3) is 0 Å². The molecule has 0 aromatic carbocycles. The molecule has 2 saturated heterocycles. The van der Waals surface area contributed by atoms with E-state index in [0.717, 1.165) is 32.0 Å². The van der Waals surface area contributed by atoms with Crippen LogP contribution in [0.3, 0.4) is 0 Å². The molecule has 0 radical (unpaired) electrons. The van der Waals surface area contributed by atoms with Gasteiger partial charge in [-0.1, -0.05) is 0 Å². The van der Waals surface area contributed by atoms with Crippen molar-refractivity contribution in [1.29, 1.82) is 0 Å². The van der Waals surface area contributed by atoms with E-state index in [1.807, 2.05) is 6.92 Å². The zero-order valence-electron chi connectivity index (χ0n) is 8.66. The molecule has 0 aromatic heterocycles. The van der Waals surface area contributed by atoms with E-state index in [1.54, 1.807) is 0 Å². The minimum Gasteiger partial charge on any atom is -0.390 e. The van der Waals surface area contributed by atoms with E-state index in [0.29, 0.717) is 0 Å². The third-order valence-corrected chi connectivity index (χ3v) is 3.44. The van der Waals surface area contributed by atoms with Gasteiger partial charge in [0.15, 0.2) is 0 Å². The lowest BCUT2D eigenvalue weighted by Crippen LogP contribution is -2.60. The second-order valence-corrected chi connectivity index (χ2v) is 4.91. The predicted octanol–water partition coefficient (Wildman–Crippen LogP) is 0.147. The molecule has 2 heterocycles. The highest BCUT2D eigenvalue weighted by Crippen LogP contribution is 2.24. The standard InChI is InChI=1S/C10H20N2O/c1-10(13)3-5-12(6-4-10)9-7-11(2)8-9/h9,13H,3-8H2,1-2H3. The Labute approximate surface area is 80.3 Å². The Hall–Kier alpha value is -0.120. The topological polar surface area (TPSA) is 26.7 Å². The molecule has 0 spiro atoms. The second kappa shape index (κ2) is 3.23. The first-order chi connectivity index (χ1) is 6.07. The summed E-state index contributed by atoms with van der Waals surface area (Å²) in [5.74, 6) is 0. The van der Waals surface area contributed by atoms with Crippen molar-refractivity contribution in [2.24, 2.45) is 0 Å². The largest absolute Gasteiger partial charge is 0.390 e. The number of likely N-dealkylation sites (N-methyl/N-ethyl adjacent to an activating group) is 1. The molecule has 0 atom stereocenters. The van der Waals surface area contributed by atoms with Gasteiger partial charge < -0.3 is 10.0 Å². The minimum atomic E-state index is -0.397. The van der Waals surface area contributed by atoms with Crippen LogP contribution in [0.2, 0.25) is 0 Å². The third-order valence-electron chi connectivity index (χ3n) is 3.44. The van der Waals surface area contributed by atoms with Gasteiger partial charge in [-0.2, -0.15) is 0 Å². The lowest BCUT2D eigenvalue weighted by molar-refractivity contribution is -0.0403. The van der Waals surface area contributed by atoms with Gasteiger partial charge in [-0.3, -0.25) is 4.90 Å². The molecule has 3 nitrogen and oxygen atoms in total. The molecule has 76 valence electrons. The number of hydrogen-bond donors (Lipinski definition) is 1. The summed E-state index contributed by atoms with van der Waals surface area (Å²) in [5, 5.41) is 9.78. The Morgan fingerprint density at radius 3 is 2.23 bits per heavy atom. The molecule has 13 heavy (non-hydrogen) atoms. The van der Waals surface area contributed by atoms with E-state index in [4.69, 9.17) is 0 Å². The SMILES string of the molecule is CN1CC(N2CCC(C)(O)CC2)C1. The Morgan fingerprint density at radius 2 is 1.77 bits per heavy atom. The predicted molar refractivity (Wildman–Crippen MR) is 52.7 cm³/mol. The summed E-state index contributed by atoms with van der Waals surface area (Å²) in [6.07, 6.45) is 1.88. The first-order valence-electron chi connectivity index (χ1n) is 5.22. The van der Waals surface area contributed by atoms with Gasteiger partial charge >= 0.3 is 0 Å². The van der Waals surface area contributed by atoms with Gasteiger partial charge in [0.05, 0.1) is 5.60 Å².